The summed E-state index contributed by atoms with van der Waals surface area (Å²) in [6.07, 6.45) is 2.89. The summed E-state index contributed by atoms with van der Waals surface area (Å²) in [6, 6.07) is 5.74. The number of anilines is 1. The molecule has 8 nitrogen and oxygen atoms in total. The number of carboxylic acids is 1. The first kappa shape index (κ1) is 18.5. The Morgan fingerprint density at radius 2 is 2.04 bits per heavy atom. The Morgan fingerprint density at radius 1 is 1.29 bits per heavy atom. The van der Waals surface area contributed by atoms with E-state index in [2.05, 4.69) is 10.2 Å². The smallest absolute Gasteiger partial charge is 0.306 e. The summed E-state index contributed by atoms with van der Waals surface area (Å²) in [4.78, 5) is 36.5. The third-order valence-corrected chi connectivity index (χ3v) is 5.74. The number of benzene rings is 1. The molecule has 2 aliphatic rings. The van der Waals surface area contributed by atoms with Gasteiger partial charge in [0.1, 0.15) is 5.58 Å². The maximum absolute atomic E-state index is 12.2. The van der Waals surface area contributed by atoms with Crippen LogP contribution in [0.3, 0.4) is 0 Å². The zero-order valence-electron chi connectivity index (χ0n) is 15.3. The molecule has 8 heteroatoms. The lowest BCUT2D eigenvalue weighted by atomic mass is 9.88. The topological polar surface area (TPSA) is 120 Å². The van der Waals surface area contributed by atoms with Crippen LogP contribution in [0.15, 0.2) is 28.9 Å². The summed E-state index contributed by atoms with van der Waals surface area (Å²) in [5.41, 5.74) is 1.20. The van der Waals surface area contributed by atoms with Crippen LogP contribution >= 0.6 is 0 Å². The van der Waals surface area contributed by atoms with Crippen LogP contribution in [0.1, 0.15) is 43.6 Å². The van der Waals surface area contributed by atoms with E-state index in [1.54, 1.807) is 6.26 Å². The zero-order valence-corrected chi connectivity index (χ0v) is 15.3. The first-order valence-corrected chi connectivity index (χ1v) is 9.39. The standard InChI is InChI=1S/C20H22N2O6/c23-17-4-3-14(19(26)21-17)15-11-28-16-9-12(1-2-13(15)16)22-7-5-20(27,6-8-22)10-18(24)25/h1-2,9,11,14,27H,3-8,10H2,(H,24,25)(H,21,23,26). The molecular formula is C20H22N2O6. The predicted octanol–water partition coefficient (Wildman–Crippen LogP) is 1.76. The maximum atomic E-state index is 12.2. The molecule has 2 aliphatic heterocycles. The average molecular weight is 386 g/mol. The Hall–Kier alpha value is -2.87. The molecule has 0 saturated carbocycles. The molecular weight excluding hydrogens is 364 g/mol. The fourth-order valence-corrected chi connectivity index (χ4v) is 4.13. The summed E-state index contributed by atoms with van der Waals surface area (Å²) in [5.74, 6) is -1.93. The number of nitrogens with zero attached hydrogens (tertiary/aromatic N) is 1. The van der Waals surface area contributed by atoms with Crippen molar-refractivity contribution in [2.24, 2.45) is 0 Å². The van der Waals surface area contributed by atoms with Crippen molar-refractivity contribution in [1.82, 2.24) is 5.32 Å². The molecule has 3 heterocycles. The van der Waals surface area contributed by atoms with E-state index in [9.17, 15) is 19.5 Å². The number of rotatable bonds is 4. The van der Waals surface area contributed by atoms with Crippen LogP contribution in [-0.4, -0.2) is 46.7 Å². The van der Waals surface area contributed by atoms with Gasteiger partial charge in [0, 0.05) is 42.2 Å². The predicted molar refractivity (Wildman–Crippen MR) is 100.0 cm³/mol. The molecule has 2 aromatic rings. The van der Waals surface area contributed by atoms with Crippen molar-refractivity contribution in [1.29, 1.82) is 0 Å². The van der Waals surface area contributed by atoms with Crippen molar-refractivity contribution in [3.8, 4) is 0 Å². The number of carbonyl (C=O) groups is 3. The van der Waals surface area contributed by atoms with Crippen molar-refractivity contribution in [3.05, 3.63) is 30.0 Å². The Morgan fingerprint density at radius 3 is 2.71 bits per heavy atom. The Balaban J connectivity index is 1.52. The number of amides is 2. The molecule has 148 valence electrons. The largest absolute Gasteiger partial charge is 0.481 e. The molecule has 1 atom stereocenters. The van der Waals surface area contributed by atoms with Crippen LogP contribution in [0.2, 0.25) is 0 Å². The Labute approximate surface area is 161 Å². The van der Waals surface area contributed by atoms with Crippen LogP contribution in [0, 0.1) is 0 Å². The van der Waals surface area contributed by atoms with E-state index < -0.39 is 17.5 Å². The molecule has 0 bridgehead atoms. The fourth-order valence-electron chi connectivity index (χ4n) is 4.13. The van der Waals surface area contributed by atoms with Gasteiger partial charge in [-0.25, -0.2) is 0 Å². The number of furan rings is 1. The fraction of sp³-hybridized carbons (Fsp3) is 0.450. The second-order valence-electron chi connectivity index (χ2n) is 7.66. The molecule has 2 fully saturated rings. The molecule has 4 rings (SSSR count). The van der Waals surface area contributed by atoms with E-state index in [1.165, 1.54) is 0 Å². The summed E-state index contributed by atoms with van der Waals surface area (Å²) in [7, 11) is 0. The molecule has 28 heavy (non-hydrogen) atoms. The minimum Gasteiger partial charge on any atom is -0.481 e. The van der Waals surface area contributed by atoms with E-state index >= 15 is 0 Å². The van der Waals surface area contributed by atoms with Gasteiger partial charge in [0.2, 0.25) is 11.8 Å². The van der Waals surface area contributed by atoms with E-state index in [4.69, 9.17) is 9.52 Å². The number of aliphatic carboxylic acids is 1. The summed E-state index contributed by atoms with van der Waals surface area (Å²) < 4.78 is 5.68. The van der Waals surface area contributed by atoms with E-state index in [-0.39, 0.29) is 18.2 Å². The number of hydrogen-bond acceptors (Lipinski definition) is 6. The zero-order chi connectivity index (χ0) is 19.9. The minimum absolute atomic E-state index is 0.243. The van der Waals surface area contributed by atoms with Crippen LogP contribution in [0.25, 0.3) is 11.0 Å². The van der Waals surface area contributed by atoms with E-state index in [0.29, 0.717) is 44.4 Å². The van der Waals surface area contributed by atoms with Gasteiger partial charge in [-0.3, -0.25) is 19.7 Å². The highest BCUT2D eigenvalue weighted by molar-refractivity contribution is 6.02. The number of carboxylic acid groups (broad SMARTS) is 1. The first-order valence-electron chi connectivity index (χ1n) is 9.39. The van der Waals surface area contributed by atoms with Gasteiger partial charge in [-0.05, 0) is 31.4 Å². The van der Waals surface area contributed by atoms with Gasteiger partial charge < -0.3 is 19.5 Å². The van der Waals surface area contributed by atoms with Crippen LogP contribution < -0.4 is 10.2 Å². The highest BCUT2D eigenvalue weighted by atomic mass is 16.4. The van der Waals surface area contributed by atoms with Gasteiger partial charge in [0.05, 0.1) is 24.2 Å². The normalized spacial score (nSPS) is 22.3. The lowest BCUT2D eigenvalue weighted by Gasteiger charge is -2.38. The second kappa shape index (κ2) is 6.94. The van der Waals surface area contributed by atoms with Gasteiger partial charge in [0.15, 0.2) is 0 Å². The third kappa shape index (κ3) is 3.47. The first-order chi connectivity index (χ1) is 13.3. The van der Waals surface area contributed by atoms with Crippen LogP contribution in [0.4, 0.5) is 5.69 Å². The molecule has 3 N–H and O–H groups in total. The van der Waals surface area contributed by atoms with Gasteiger partial charge >= 0.3 is 5.97 Å². The molecule has 0 radical (unpaired) electrons. The number of carbonyl (C=O) groups excluding carboxylic acids is 2. The van der Waals surface area contributed by atoms with Gasteiger partial charge in [-0.15, -0.1) is 0 Å². The molecule has 1 unspecified atom stereocenters. The van der Waals surface area contributed by atoms with Crippen molar-refractivity contribution in [2.45, 2.75) is 43.6 Å². The summed E-state index contributed by atoms with van der Waals surface area (Å²) in [6.45, 7) is 1.10. The molecule has 0 spiro atoms. The van der Waals surface area contributed by atoms with E-state index in [0.717, 1.165) is 16.6 Å². The van der Waals surface area contributed by atoms with Gasteiger partial charge in [0.25, 0.3) is 0 Å². The molecule has 1 aromatic carbocycles. The van der Waals surface area contributed by atoms with Crippen molar-refractivity contribution in [2.75, 3.05) is 18.0 Å². The molecule has 0 aliphatic carbocycles. The number of imide groups is 1. The van der Waals surface area contributed by atoms with Gasteiger partial charge in [-0.1, -0.05) is 0 Å². The minimum atomic E-state index is -1.16. The number of piperidine rings is 2. The highest BCUT2D eigenvalue weighted by Crippen LogP contribution is 2.35. The monoisotopic (exact) mass is 386 g/mol. The summed E-state index contributed by atoms with van der Waals surface area (Å²) >= 11 is 0. The molecule has 1 aromatic heterocycles. The second-order valence-corrected chi connectivity index (χ2v) is 7.66. The SMILES string of the molecule is O=C(O)CC1(O)CCN(c2ccc3c(C4CCC(=O)NC4=O)coc3c2)CC1. The van der Waals surface area contributed by atoms with Crippen molar-refractivity contribution in [3.63, 3.8) is 0 Å². The molecule has 2 saturated heterocycles. The third-order valence-electron chi connectivity index (χ3n) is 5.74. The van der Waals surface area contributed by atoms with Crippen LogP contribution in [0.5, 0.6) is 0 Å². The Kier molecular flexibility index (Phi) is 4.58. The van der Waals surface area contributed by atoms with E-state index in [1.807, 2.05) is 18.2 Å². The number of nitrogens with one attached hydrogen (secondary N) is 1. The molecule has 2 amide bonds. The van der Waals surface area contributed by atoms with Crippen molar-refractivity contribution < 1.29 is 29.0 Å². The Bertz CT molecular complexity index is 941. The van der Waals surface area contributed by atoms with Crippen LogP contribution in [-0.2, 0) is 14.4 Å². The van der Waals surface area contributed by atoms with Gasteiger partial charge in [-0.2, -0.15) is 0 Å². The highest BCUT2D eigenvalue weighted by Gasteiger charge is 2.35. The number of aliphatic hydroxyl groups is 1. The average Bonchev–Trinajstić information content (AvgIpc) is 3.04. The number of fused-ring (bicyclic) bond motifs is 1. The maximum Gasteiger partial charge on any atom is 0.306 e. The lowest BCUT2D eigenvalue weighted by Crippen LogP contribution is -2.45. The quantitative estimate of drug-likeness (QED) is 0.685. The van der Waals surface area contributed by atoms with Crippen molar-refractivity contribution >= 4 is 34.4 Å². The lowest BCUT2D eigenvalue weighted by molar-refractivity contribution is -0.143. The number of hydrogen-bond donors (Lipinski definition) is 3. The summed E-state index contributed by atoms with van der Waals surface area (Å²) in [5, 5.41) is 22.5.